The van der Waals surface area contributed by atoms with Gasteiger partial charge in [0.2, 0.25) is 0 Å². The van der Waals surface area contributed by atoms with E-state index in [0.717, 1.165) is 0 Å². The van der Waals surface area contributed by atoms with Crippen LogP contribution in [0.1, 0.15) is 0 Å². The molecule has 0 N–H and O–H groups in total. The zero-order chi connectivity index (χ0) is 6.10. The van der Waals surface area contributed by atoms with Crippen molar-refractivity contribution in [3.05, 3.63) is 35.7 Å². The van der Waals surface area contributed by atoms with Crippen LogP contribution in [0.25, 0.3) is 10.1 Å². The molecule has 2 rings (SSSR count). The maximum absolute atomic E-state index is 2.14. The van der Waals surface area contributed by atoms with E-state index >= 15 is 0 Å². The van der Waals surface area contributed by atoms with Gasteiger partial charge in [-0.2, -0.15) is 0 Å². The molecule has 0 saturated heterocycles. The van der Waals surface area contributed by atoms with Crippen LogP contribution in [0.2, 0.25) is 0 Å². The summed E-state index contributed by atoms with van der Waals surface area (Å²) in [5.74, 6) is 0. The number of hydrogen-bond acceptors (Lipinski definition) is 1. The number of thiophene rings is 1. The van der Waals surface area contributed by atoms with Crippen LogP contribution in [-0.4, -0.2) is 29.6 Å². The van der Waals surface area contributed by atoms with Gasteiger partial charge in [-0.15, -0.1) is 11.3 Å². The fraction of sp³-hybridized carbons (Fsp3) is 0. The summed E-state index contributed by atoms with van der Waals surface area (Å²) < 4.78 is 1.37. The first-order chi connectivity index (χ1) is 4.47. The van der Waals surface area contributed by atoms with E-state index in [0.29, 0.717) is 0 Å². The van der Waals surface area contributed by atoms with Crippen molar-refractivity contribution >= 4 is 51.0 Å². The van der Waals surface area contributed by atoms with E-state index < -0.39 is 0 Å². The second kappa shape index (κ2) is 3.54. The van der Waals surface area contributed by atoms with Crippen molar-refractivity contribution in [2.24, 2.45) is 0 Å². The summed E-state index contributed by atoms with van der Waals surface area (Å²) in [6.07, 6.45) is 0. The van der Waals surface area contributed by atoms with Gasteiger partial charge in [0.05, 0.1) is 0 Å². The Morgan fingerprint density at radius 3 is 2.60 bits per heavy atom. The van der Waals surface area contributed by atoms with E-state index in [1.807, 2.05) is 0 Å². The molecule has 1 aromatic heterocycles. The molecule has 0 saturated carbocycles. The smallest absolute Gasteiger partial charge is 0.0342 e. The van der Waals surface area contributed by atoms with Gasteiger partial charge in [-0.05, 0) is 22.9 Å². The quantitative estimate of drug-likeness (QED) is 0.516. The predicted octanol–water partition coefficient (Wildman–Crippen LogP) is 2.25. The Bertz CT molecular complexity index is 283. The summed E-state index contributed by atoms with van der Waals surface area (Å²) in [4.78, 5) is 0. The molecule has 0 atom stereocenters. The standard InChI is InChI=1S/C8H6S.Na.H/c1-2-4-8-7(3-1)5-6-9-8;;/h1-6H;;. The summed E-state index contributed by atoms with van der Waals surface area (Å²) in [7, 11) is 0. The molecule has 2 aromatic rings. The van der Waals surface area contributed by atoms with Gasteiger partial charge in [-0.3, -0.25) is 0 Å². The molecule has 0 aliphatic heterocycles. The van der Waals surface area contributed by atoms with Gasteiger partial charge in [-0.1, -0.05) is 18.2 Å². The van der Waals surface area contributed by atoms with E-state index in [1.165, 1.54) is 10.1 Å². The Morgan fingerprint density at radius 1 is 1.00 bits per heavy atom. The number of hydrogen-bond donors (Lipinski definition) is 0. The third-order valence-electron chi connectivity index (χ3n) is 1.36. The fourth-order valence-corrected chi connectivity index (χ4v) is 1.70. The molecule has 1 aromatic carbocycles. The molecule has 46 valence electrons. The molecule has 2 heteroatoms. The second-order valence-corrected chi connectivity index (χ2v) is 2.91. The van der Waals surface area contributed by atoms with E-state index in [-0.39, 0.29) is 29.6 Å². The van der Waals surface area contributed by atoms with Gasteiger partial charge in [0, 0.05) is 4.70 Å². The van der Waals surface area contributed by atoms with E-state index in [9.17, 15) is 0 Å². The minimum Gasteiger partial charge on any atom is -0.144 e. The average molecular weight is 158 g/mol. The van der Waals surface area contributed by atoms with Crippen LogP contribution in [0.5, 0.6) is 0 Å². The maximum Gasteiger partial charge on any atom is 0.0342 e. The first-order valence-electron chi connectivity index (χ1n) is 2.89. The molecule has 0 fully saturated rings. The van der Waals surface area contributed by atoms with Crippen molar-refractivity contribution in [3.8, 4) is 0 Å². The first-order valence-corrected chi connectivity index (χ1v) is 3.77. The van der Waals surface area contributed by atoms with E-state index in [2.05, 4.69) is 35.7 Å². The molecule has 0 aliphatic rings. The minimum atomic E-state index is 0. The summed E-state index contributed by atoms with van der Waals surface area (Å²) in [6, 6.07) is 10.5. The summed E-state index contributed by atoms with van der Waals surface area (Å²) >= 11 is 1.79. The molecule has 0 unspecified atom stereocenters. The van der Waals surface area contributed by atoms with Gasteiger partial charge in [-0.25, -0.2) is 0 Å². The molecule has 1 heterocycles. The molecule has 0 nitrogen and oxygen atoms in total. The van der Waals surface area contributed by atoms with Crippen molar-refractivity contribution in [2.75, 3.05) is 0 Å². The number of rotatable bonds is 0. The van der Waals surface area contributed by atoms with Gasteiger partial charge < -0.3 is 0 Å². The normalized spacial score (nSPS) is 9.20. The maximum atomic E-state index is 2.14. The van der Waals surface area contributed by atoms with E-state index in [1.54, 1.807) is 11.3 Å². The molecule has 0 amide bonds. The monoisotopic (exact) mass is 158 g/mol. The summed E-state index contributed by atoms with van der Waals surface area (Å²) in [5, 5.41) is 3.47. The van der Waals surface area contributed by atoms with Crippen LogP contribution in [0.3, 0.4) is 0 Å². The van der Waals surface area contributed by atoms with Crippen molar-refractivity contribution in [2.45, 2.75) is 0 Å². The zero-order valence-corrected chi connectivity index (χ0v) is 5.69. The number of fused-ring (bicyclic) bond motifs is 1. The van der Waals surface area contributed by atoms with Crippen LogP contribution in [0.4, 0.5) is 0 Å². The van der Waals surface area contributed by atoms with Gasteiger partial charge in [0.1, 0.15) is 0 Å². The molecule has 0 aliphatic carbocycles. The van der Waals surface area contributed by atoms with E-state index in [4.69, 9.17) is 0 Å². The van der Waals surface area contributed by atoms with Crippen molar-refractivity contribution in [1.82, 2.24) is 0 Å². The Kier molecular flexibility index (Phi) is 2.93. The molecule has 0 spiro atoms. The molecule has 10 heavy (non-hydrogen) atoms. The van der Waals surface area contributed by atoms with Crippen LogP contribution >= 0.6 is 11.3 Å². The minimum absolute atomic E-state index is 0. The van der Waals surface area contributed by atoms with Crippen molar-refractivity contribution in [3.63, 3.8) is 0 Å². The largest absolute Gasteiger partial charge is 0.144 e. The van der Waals surface area contributed by atoms with Crippen molar-refractivity contribution < 1.29 is 0 Å². The van der Waals surface area contributed by atoms with Gasteiger partial charge in [0.25, 0.3) is 0 Å². The SMILES string of the molecule is [NaH].c1ccc2sccc2c1. The van der Waals surface area contributed by atoms with Crippen LogP contribution in [0.15, 0.2) is 35.7 Å². The summed E-state index contributed by atoms with van der Waals surface area (Å²) in [5.41, 5.74) is 0. The fourth-order valence-electron chi connectivity index (χ4n) is 0.906. The van der Waals surface area contributed by atoms with Crippen LogP contribution in [-0.2, 0) is 0 Å². The Labute approximate surface area is 86.2 Å². The second-order valence-electron chi connectivity index (χ2n) is 1.96. The van der Waals surface area contributed by atoms with Gasteiger partial charge in [0.15, 0.2) is 0 Å². The topological polar surface area (TPSA) is 0 Å². The molecular weight excluding hydrogens is 151 g/mol. The number of benzene rings is 1. The Morgan fingerprint density at radius 2 is 1.80 bits per heavy atom. The van der Waals surface area contributed by atoms with Crippen molar-refractivity contribution in [1.29, 1.82) is 0 Å². The Balaban J connectivity index is 0.000000500. The zero-order valence-electron chi connectivity index (χ0n) is 4.87. The molecular formula is C8H7NaS. The molecule has 0 radical (unpaired) electrons. The third kappa shape index (κ3) is 1.43. The summed E-state index contributed by atoms with van der Waals surface area (Å²) in [6.45, 7) is 0. The predicted molar refractivity (Wildman–Crippen MR) is 49.0 cm³/mol. The van der Waals surface area contributed by atoms with Crippen LogP contribution in [0, 0.1) is 0 Å². The Hall–Kier alpha value is 0.180. The van der Waals surface area contributed by atoms with Crippen LogP contribution < -0.4 is 0 Å². The first kappa shape index (κ1) is 8.28. The molecule has 0 bridgehead atoms. The average Bonchev–Trinajstić information content (AvgIpc) is 2.33. The third-order valence-corrected chi connectivity index (χ3v) is 2.26. The van der Waals surface area contributed by atoms with Gasteiger partial charge >= 0.3 is 29.6 Å².